The van der Waals surface area contributed by atoms with Crippen molar-refractivity contribution in [1.29, 1.82) is 0 Å². The van der Waals surface area contributed by atoms with Crippen molar-refractivity contribution in [2.75, 3.05) is 46.6 Å². The molecule has 1 aliphatic rings. The van der Waals surface area contributed by atoms with Gasteiger partial charge < -0.3 is 20.1 Å². The van der Waals surface area contributed by atoms with Crippen LogP contribution in [0, 0.1) is 5.92 Å². The molecule has 0 aromatic carbocycles. The summed E-state index contributed by atoms with van der Waals surface area (Å²) in [6, 6.07) is 0. The summed E-state index contributed by atoms with van der Waals surface area (Å²) in [6.07, 6.45) is 3.86. The zero-order valence-electron chi connectivity index (χ0n) is 11.4. The molecule has 5 nitrogen and oxygen atoms in total. The Bertz CT molecular complexity index is 218. The molecule has 5 heteroatoms. The summed E-state index contributed by atoms with van der Waals surface area (Å²) >= 11 is 0. The number of piperidine rings is 1. The number of rotatable bonds is 9. The molecule has 1 aliphatic heterocycles. The van der Waals surface area contributed by atoms with Gasteiger partial charge in [0.25, 0.3) is 0 Å². The number of hydrogen-bond acceptors (Lipinski definition) is 4. The highest BCUT2D eigenvalue weighted by atomic mass is 16.5. The second-order valence-electron chi connectivity index (χ2n) is 4.73. The van der Waals surface area contributed by atoms with Gasteiger partial charge in [0.1, 0.15) is 0 Å². The van der Waals surface area contributed by atoms with Gasteiger partial charge in [-0.2, -0.15) is 0 Å². The number of hydrogen-bond donors (Lipinski definition) is 2. The summed E-state index contributed by atoms with van der Waals surface area (Å²) < 4.78 is 10.2. The van der Waals surface area contributed by atoms with Crippen LogP contribution in [-0.4, -0.2) is 52.5 Å². The first-order chi connectivity index (χ1) is 8.83. The molecule has 1 rings (SSSR count). The third kappa shape index (κ3) is 7.63. The van der Waals surface area contributed by atoms with Crippen LogP contribution in [0.5, 0.6) is 0 Å². The maximum atomic E-state index is 11.6. The number of nitrogens with one attached hydrogen (secondary N) is 2. The highest BCUT2D eigenvalue weighted by molar-refractivity contribution is 5.76. The molecular weight excluding hydrogens is 232 g/mol. The molecule has 0 saturated carbocycles. The van der Waals surface area contributed by atoms with Crippen LogP contribution in [0.4, 0.5) is 0 Å². The lowest BCUT2D eigenvalue weighted by atomic mass is 9.96. The van der Waals surface area contributed by atoms with Gasteiger partial charge in [0.2, 0.25) is 5.91 Å². The Morgan fingerprint density at radius 1 is 1.39 bits per heavy atom. The van der Waals surface area contributed by atoms with Gasteiger partial charge in [-0.05, 0) is 38.3 Å². The van der Waals surface area contributed by atoms with Gasteiger partial charge in [-0.25, -0.2) is 0 Å². The van der Waals surface area contributed by atoms with Crippen molar-refractivity contribution in [1.82, 2.24) is 10.6 Å². The van der Waals surface area contributed by atoms with E-state index >= 15 is 0 Å². The van der Waals surface area contributed by atoms with E-state index in [1.165, 1.54) is 12.8 Å². The van der Waals surface area contributed by atoms with Crippen LogP contribution in [0.1, 0.15) is 25.7 Å². The summed E-state index contributed by atoms with van der Waals surface area (Å²) in [5.74, 6) is 0.678. The molecule has 106 valence electrons. The van der Waals surface area contributed by atoms with Crippen LogP contribution in [-0.2, 0) is 14.3 Å². The van der Waals surface area contributed by atoms with Crippen molar-refractivity contribution in [2.45, 2.75) is 25.7 Å². The number of carbonyl (C=O) groups excluding carboxylic acids is 1. The quantitative estimate of drug-likeness (QED) is 0.593. The van der Waals surface area contributed by atoms with Crippen LogP contribution < -0.4 is 10.6 Å². The Morgan fingerprint density at radius 2 is 2.28 bits per heavy atom. The molecule has 1 atom stereocenters. The monoisotopic (exact) mass is 258 g/mol. The van der Waals surface area contributed by atoms with E-state index in [0.717, 1.165) is 19.5 Å². The van der Waals surface area contributed by atoms with E-state index in [2.05, 4.69) is 10.6 Å². The number of amides is 1. The highest BCUT2D eigenvalue weighted by Gasteiger charge is 2.16. The molecule has 0 radical (unpaired) electrons. The van der Waals surface area contributed by atoms with Gasteiger partial charge in [0.15, 0.2) is 0 Å². The Hall–Kier alpha value is -0.650. The lowest BCUT2D eigenvalue weighted by Gasteiger charge is -2.22. The molecule has 0 aromatic rings. The molecule has 0 spiro atoms. The zero-order valence-corrected chi connectivity index (χ0v) is 11.4. The molecule has 1 unspecified atom stereocenters. The summed E-state index contributed by atoms with van der Waals surface area (Å²) in [7, 11) is 1.66. The summed E-state index contributed by atoms with van der Waals surface area (Å²) in [5.41, 5.74) is 0. The molecule has 2 N–H and O–H groups in total. The molecule has 1 heterocycles. The largest absolute Gasteiger partial charge is 0.382 e. The topological polar surface area (TPSA) is 59.6 Å². The number of methoxy groups -OCH3 is 1. The molecule has 0 bridgehead atoms. The van der Waals surface area contributed by atoms with Crippen LogP contribution in [0.25, 0.3) is 0 Å². The van der Waals surface area contributed by atoms with Crippen molar-refractivity contribution in [3.05, 3.63) is 0 Å². The van der Waals surface area contributed by atoms with Crippen LogP contribution >= 0.6 is 0 Å². The normalized spacial score (nSPS) is 19.7. The molecule has 0 aliphatic carbocycles. The van der Waals surface area contributed by atoms with Gasteiger partial charge in [-0.1, -0.05) is 0 Å². The van der Waals surface area contributed by atoms with Crippen molar-refractivity contribution in [3.63, 3.8) is 0 Å². The van der Waals surface area contributed by atoms with Gasteiger partial charge in [-0.15, -0.1) is 0 Å². The molecule has 1 amide bonds. The van der Waals surface area contributed by atoms with E-state index in [9.17, 15) is 4.79 Å². The van der Waals surface area contributed by atoms with E-state index < -0.39 is 0 Å². The van der Waals surface area contributed by atoms with Crippen LogP contribution in [0.2, 0.25) is 0 Å². The second-order valence-corrected chi connectivity index (χ2v) is 4.73. The number of carbonyl (C=O) groups is 1. The van der Waals surface area contributed by atoms with Crippen molar-refractivity contribution in [2.24, 2.45) is 5.92 Å². The van der Waals surface area contributed by atoms with Crippen molar-refractivity contribution < 1.29 is 14.3 Å². The average Bonchev–Trinajstić information content (AvgIpc) is 2.39. The molecule has 1 fully saturated rings. The van der Waals surface area contributed by atoms with Crippen LogP contribution in [0.3, 0.4) is 0 Å². The van der Waals surface area contributed by atoms with Gasteiger partial charge in [0, 0.05) is 26.7 Å². The number of ether oxygens (including phenoxy) is 2. The lowest BCUT2D eigenvalue weighted by molar-refractivity contribution is -0.122. The summed E-state index contributed by atoms with van der Waals surface area (Å²) in [4.78, 5) is 11.6. The van der Waals surface area contributed by atoms with Gasteiger partial charge in [0.05, 0.1) is 13.2 Å². The lowest BCUT2D eigenvalue weighted by Crippen LogP contribution is -2.34. The fourth-order valence-electron chi connectivity index (χ4n) is 2.08. The molecular formula is C13H26N2O3. The fourth-order valence-corrected chi connectivity index (χ4v) is 2.08. The Labute approximate surface area is 110 Å². The molecule has 1 saturated heterocycles. The highest BCUT2D eigenvalue weighted by Crippen LogP contribution is 2.13. The first-order valence-electron chi connectivity index (χ1n) is 6.87. The Kier molecular flexibility index (Phi) is 8.81. The maximum absolute atomic E-state index is 11.6. The third-order valence-corrected chi connectivity index (χ3v) is 3.09. The van der Waals surface area contributed by atoms with E-state index in [1.807, 2.05) is 0 Å². The van der Waals surface area contributed by atoms with Gasteiger partial charge in [-0.3, -0.25) is 4.79 Å². The predicted molar refractivity (Wildman–Crippen MR) is 70.5 cm³/mol. The van der Waals surface area contributed by atoms with E-state index in [4.69, 9.17) is 9.47 Å². The van der Waals surface area contributed by atoms with E-state index in [-0.39, 0.29) is 5.91 Å². The maximum Gasteiger partial charge on any atom is 0.220 e. The van der Waals surface area contributed by atoms with Gasteiger partial charge >= 0.3 is 0 Å². The first kappa shape index (κ1) is 15.4. The Balaban J connectivity index is 1.90. The van der Waals surface area contributed by atoms with E-state index in [0.29, 0.717) is 38.7 Å². The third-order valence-electron chi connectivity index (χ3n) is 3.09. The summed E-state index contributed by atoms with van der Waals surface area (Å²) in [5, 5.41) is 6.27. The average molecular weight is 258 g/mol. The fraction of sp³-hybridized carbons (Fsp3) is 0.923. The minimum Gasteiger partial charge on any atom is -0.382 e. The predicted octanol–water partition coefficient (Wildman–Crippen LogP) is 0.545. The SMILES string of the molecule is COCCOCCCNC(=O)CC1CCCNC1. The van der Waals surface area contributed by atoms with Crippen LogP contribution in [0.15, 0.2) is 0 Å². The Morgan fingerprint density at radius 3 is 3.00 bits per heavy atom. The second kappa shape index (κ2) is 10.3. The zero-order chi connectivity index (χ0) is 13.1. The minimum atomic E-state index is 0.167. The first-order valence-corrected chi connectivity index (χ1v) is 6.87. The van der Waals surface area contributed by atoms with Crippen molar-refractivity contribution >= 4 is 5.91 Å². The molecule has 0 aromatic heterocycles. The molecule has 18 heavy (non-hydrogen) atoms. The standard InChI is InChI=1S/C13H26N2O3/c1-17-8-9-18-7-3-6-15-13(16)10-12-4-2-5-14-11-12/h12,14H,2-11H2,1H3,(H,15,16). The minimum absolute atomic E-state index is 0.167. The van der Waals surface area contributed by atoms with E-state index in [1.54, 1.807) is 7.11 Å². The summed E-state index contributed by atoms with van der Waals surface area (Å²) in [6.45, 7) is 4.70. The van der Waals surface area contributed by atoms with Crippen molar-refractivity contribution in [3.8, 4) is 0 Å². The smallest absolute Gasteiger partial charge is 0.220 e.